The van der Waals surface area contributed by atoms with Crippen LogP contribution in [0.5, 0.6) is 11.5 Å². The molecule has 3 N–H and O–H groups in total. The number of hydrogen-bond acceptors (Lipinski definition) is 7. The molecule has 1 aromatic carbocycles. The van der Waals surface area contributed by atoms with Crippen molar-refractivity contribution in [2.24, 2.45) is 5.41 Å². The van der Waals surface area contributed by atoms with Crippen LogP contribution in [0.4, 0.5) is 5.82 Å². The number of nitrogens with zero attached hydrogens (tertiary/aromatic N) is 2. The first-order chi connectivity index (χ1) is 19.1. The second-order valence-corrected chi connectivity index (χ2v) is 11.6. The first-order valence-electron chi connectivity index (χ1n) is 14.4. The molecule has 1 unspecified atom stereocenters. The molecule has 1 aliphatic rings. The van der Waals surface area contributed by atoms with Crippen molar-refractivity contribution in [3.05, 3.63) is 47.7 Å². The summed E-state index contributed by atoms with van der Waals surface area (Å²) in [5.74, 6) is 1.12. The van der Waals surface area contributed by atoms with Crippen LogP contribution in [-0.4, -0.2) is 72.8 Å². The fourth-order valence-corrected chi connectivity index (χ4v) is 4.80. The number of unbranched alkanes of at least 4 members (excludes halogenated alkanes) is 1. The van der Waals surface area contributed by atoms with Crippen LogP contribution in [0, 0.1) is 5.41 Å². The van der Waals surface area contributed by atoms with Crippen molar-refractivity contribution in [1.29, 1.82) is 0 Å². The molecule has 9 nitrogen and oxygen atoms in total. The number of anilines is 1. The minimum atomic E-state index is -1.01. The number of fused-ring (bicyclic) bond motifs is 1. The summed E-state index contributed by atoms with van der Waals surface area (Å²) in [5, 5.41) is 15.9. The molecule has 2 heterocycles. The van der Waals surface area contributed by atoms with E-state index in [4.69, 9.17) is 14.5 Å². The second-order valence-electron chi connectivity index (χ2n) is 11.6. The van der Waals surface area contributed by atoms with Gasteiger partial charge in [0.05, 0.1) is 7.11 Å². The highest BCUT2D eigenvalue weighted by Gasteiger charge is 2.24. The number of methoxy groups -OCH3 is 1. The van der Waals surface area contributed by atoms with Crippen molar-refractivity contribution in [3.8, 4) is 11.5 Å². The van der Waals surface area contributed by atoms with Gasteiger partial charge in [-0.2, -0.15) is 0 Å². The smallest absolute Gasteiger partial charge is 0.326 e. The Labute approximate surface area is 238 Å². The third-order valence-electron chi connectivity index (χ3n) is 6.90. The third kappa shape index (κ3) is 10.7. The summed E-state index contributed by atoms with van der Waals surface area (Å²) in [6.07, 6.45) is 5.62. The van der Waals surface area contributed by atoms with Gasteiger partial charge in [-0.05, 0) is 74.2 Å². The maximum atomic E-state index is 12.4. The van der Waals surface area contributed by atoms with E-state index < -0.39 is 12.0 Å². The van der Waals surface area contributed by atoms with Gasteiger partial charge in [-0.25, -0.2) is 9.78 Å². The number of rotatable bonds is 16. The molecule has 1 aromatic heterocycles. The number of aryl methyl sites for hydroxylation is 2. The van der Waals surface area contributed by atoms with E-state index in [0.29, 0.717) is 37.6 Å². The van der Waals surface area contributed by atoms with E-state index in [0.717, 1.165) is 56.7 Å². The van der Waals surface area contributed by atoms with Crippen molar-refractivity contribution < 1.29 is 24.2 Å². The molecule has 2 aromatic rings. The maximum Gasteiger partial charge on any atom is 0.326 e. The predicted octanol–water partition coefficient (Wildman–Crippen LogP) is 4.55. The number of pyridine rings is 1. The Morgan fingerprint density at radius 3 is 2.60 bits per heavy atom. The van der Waals surface area contributed by atoms with Crippen molar-refractivity contribution in [2.45, 2.75) is 71.8 Å². The lowest BCUT2D eigenvalue weighted by Crippen LogP contribution is -2.44. The minimum Gasteiger partial charge on any atom is -0.493 e. The molecular weight excluding hydrogens is 508 g/mol. The molecule has 3 rings (SSSR count). The van der Waals surface area contributed by atoms with Gasteiger partial charge in [-0.15, -0.1) is 0 Å². The molecule has 9 heteroatoms. The van der Waals surface area contributed by atoms with Crippen molar-refractivity contribution >= 4 is 17.7 Å². The van der Waals surface area contributed by atoms with Gasteiger partial charge in [0.15, 0.2) is 11.5 Å². The number of carboxylic acids is 1. The number of aromatic nitrogens is 1. The summed E-state index contributed by atoms with van der Waals surface area (Å²) in [7, 11) is 1.61. The van der Waals surface area contributed by atoms with Crippen molar-refractivity contribution in [3.63, 3.8) is 0 Å². The monoisotopic (exact) mass is 554 g/mol. The van der Waals surface area contributed by atoms with Crippen molar-refractivity contribution in [2.75, 3.05) is 45.2 Å². The number of aliphatic carboxylic acids is 1. The lowest BCUT2D eigenvalue weighted by atomic mass is 9.92. The first kappa shape index (κ1) is 31.2. The molecule has 1 amide bonds. The molecule has 0 saturated heterocycles. The van der Waals surface area contributed by atoms with Gasteiger partial charge in [0, 0.05) is 31.7 Å². The summed E-state index contributed by atoms with van der Waals surface area (Å²) < 4.78 is 11.4. The molecule has 0 spiro atoms. The van der Waals surface area contributed by atoms with Crippen molar-refractivity contribution in [1.82, 2.24) is 15.2 Å². The Morgan fingerprint density at radius 2 is 1.88 bits per heavy atom. The Balaban J connectivity index is 1.55. The van der Waals surface area contributed by atoms with E-state index in [9.17, 15) is 14.7 Å². The molecule has 0 fully saturated rings. The summed E-state index contributed by atoms with van der Waals surface area (Å²) in [6.45, 7) is 9.24. The molecular formula is C31H46N4O5. The Kier molecular flexibility index (Phi) is 12.1. The van der Waals surface area contributed by atoms with Crippen LogP contribution in [0.3, 0.4) is 0 Å². The van der Waals surface area contributed by atoms with Gasteiger partial charge in [0.1, 0.15) is 18.5 Å². The zero-order valence-corrected chi connectivity index (χ0v) is 24.5. The molecule has 1 aliphatic heterocycles. The normalized spacial score (nSPS) is 13.7. The quantitative estimate of drug-likeness (QED) is 0.259. The number of hydrogen-bond donors (Lipinski definition) is 3. The molecule has 1 atom stereocenters. The number of nitrogens with one attached hydrogen (secondary N) is 2. The van der Waals surface area contributed by atoms with Gasteiger partial charge >= 0.3 is 5.97 Å². The van der Waals surface area contributed by atoms with Gasteiger partial charge in [-0.1, -0.05) is 39.0 Å². The molecule has 220 valence electrons. The Bertz CT molecular complexity index is 1100. The number of benzene rings is 1. The van der Waals surface area contributed by atoms with E-state index in [2.05, 4.69) is 27.7 Å². The van der Waals surface area contributed by atoms with Crippen LogP contribution < -0.4 is 20.1 Å². The highest BCUT2D eigenvalue weighted by atomic mass is 16.5. The SMILES string of the molecule is COc1ccccc1OCCN(CCCCc1ccc2c(n1)NCCC2)CCC(NC(=O)CC(C)(C)C)C(=O)O. The summed E-state index contributed by atoms with van der Waals surface area (Å²) >= 11 is 0. The van der Waals surface area contributed by atoms with Gasteiger partial charge in [-0.3, -0.25) is 9.69 Å². The number of amides is 1. The summed E-state index contributed by atoms with van der Waals surface area (Å²) in [6, 6.07) is 10.9. The number of carboxylic acid groups (broad SMARTS) is 1. The Morgan fingerprint density at radius 1 is 1.10 bits per heavy atom. The fraction of sp³-hybridized carbons (Fsp3) is 0.581. The molecule has 0 bridgehead atoms. The van der Waals surface area contributed by atoms with Gasteiger partial charge in [0.2, 0.25) is 5.91 Å². The van der Waals surface area contributed by atoms with Crippen LogP contribution in [0.15, 0.2) is 36.4 Å². The standard InChI is InChI=1S/C31H46N4O5/c1-31(2,3)22-28(36)34-25(30(37)38)16-19-35(20-21-40-27-13-6-5-12-26(27)39-4)18-8-7-11-24-15-14-23-10-9-17-32-29(23)33-24/h5-6,12-15,25H,7-11,16-22H2,1-4H3,(H,32,33)(H,34,36)(H,37,38). The Hall–Kier alpha value is -3.33. The van der Waals surface area contributed by atoms with E-state index in [1.807, 2.05) is 45.0 Å². The van der Waals surface area contributed by atoms with E-state index >= 15 is 0 Å². The lowest BCUT2D eigenvalue weighted by Gasteiger charge is -2.25. The summed E-state index contributed by atoms with van der Waals surface area (Å²) in [5.41, 5.74) is 2.17. The first-order valence-corrected chi connectivity index (χ1v) is 14.4. The van der Waals surface area contributed by atoms with E-state index in [1.165, 1.54) is 5.56 Å². The maximum absolute atomic E-state index is 12.4. The molecule has 0 saturated carbocycles. The van der Waals surface area contributed by atoms with Gasteiger partial charge < -0.3 is 25.2 Å². The topological polar surface area (TPSA) is 113 Å². The average molecular weight is 555 g/mol. The largest absolute Gasteiger partial charge is 0.493 e. The van der Waals surface area contributed by atoms with Crippen LogP contribution in [0.25, 0.3) is 0 Å². The highest BCUT2D eigenvalue weighted by Crippen LogP contribution is 2.26. The van der Waals surface area contributed by atoms with Crippen LogP contribution in [0.1, 0.15) is 64.1 Å². The minimum absolute atomic E-state index is 0.210. The predicted molar refractivity (Wildman–Crippen MR) is 157 cm³/mol. The van der Waals surface area contributed by atoms with E-state index in [-0.39, 0.29) is 17.7 Å². The van der Waals surface area contributed by atoms with E-state index in [1.54, 1.807) is 7.11 Å². The number of para-hydroxylation sites is 2. The molecule has 40 heavy (non-hydrogen) atoms. The lowest BCUT2D eigenvalue weighted by molar-refractivity contribution is -0.142. The molecule has 0 aliphatic carbocycles. The molecule has 0 radical (unpaired) electrons. The van der Waals surface area contributed by atoms with Crippen LogP contribution in [0.2, 0.25) is 0 Å². The fourth-order valence-electron chi connectivity index (χ4n) is 4.80. The zero-order valence-electron chi connectivity index (χ0n) is 24.5. The third-order valence-corrected chi connectivity index (χ3v) is 6.90. The number of carbonyl (C=O) groups is 2. The number of carbonyl (C=O) groups excluding carboxylic acids is 1. The second kappa shape index (κ2) is 15.5. The van der Waals surface area contributed by atoms with Crippen LogP contribution in [-0.2, 0) is 22.4 Å². The highest BCUT2D eigenvalue weighted by molar-refractivity contribution is 5.83. The summed E-state index contributed by atoms with van der Waals surface area (Å²) in [4.78, 5) is 31.3. The number of ether oxygens (including phenoxy) is 2. The average Bonchev–Trinajstić information content (AvgIpc) is 2.91. The zero-order chi connectivity index (χ0) is 29.0. The van der Waals surface area contributed by atoms with Gasteiger partial charge in [0.25, 0.3) is 0 Å². The van der Waals surface area contributed by atoms with Crippen LogP contribution >= 0.6 is 0 Å².